The van der Waals surface area contributed by atoms with Gasteiger partial charge in [0.2, 0.25) is 0 Å². The molecule has 2 rings (SSSR count). The molecule has 0 radical (unpaired) electrons. The minimum atomic E-state index is -0.517. The second-order valence-corrected chi connectivity index (χ2v) is 11.9. The Labute approximate surface area is 281 Å². The summed E-state index contributed by atoms with van der Waals surface area (Å²) in [5, 5.41) is 0. The van der Waals surface area contributed by atoms with Crippen LogP contribution in [0.4, 0.5) is 11.4 Å². The van der Waals surface area contributed by atoms with Crippen LogP contribution in [0.5, 0.6) is 0 Å². The first-order valence-electron chi connectivity index (χ1n) is 17.3. The summed E-state index contributed by atoms with van der Waals surface area (Å²) in [5.41, 5.74) is 14.9. The topological polar surface area (TPSA) is 140 Å². The molecule has 0 fully saturated rings. The smallest absolute Gasteiger partial charge is 0.332 e. The van der Waals surface area contributed by atoms with Gasteiger partial charge in [0, 0.05) is 37.1 Å². The fraction of sp³-hybridized carbons (Fsp3) is 0.553. The zero-order chi connectivity index (χ0) is 34.0. The van der Waals surface area contributed by atoms with Crippen molar-refractivity contribution in [3.05, 3.63) is 71.8 Å². The molecule has 0 aliphatic rings. The monoisotopic (exact) mass is 652 g/mol. The highest BCUT2D eigenvalue weighted by Gasteiger charge is 2.14. The number of hydrogen-bond acceptors (Lipinski definition) is 9. The number of rotatable bonds is 26. The predicted octanol–water partition coefficient (Wildman–Crippen LogP) is 7.30. The summed E-state index contributed by atoms with van der Waals surface area (Å²) < 4.78 is 21.5. The number of hydrogen-bond donors (Lipinski definition) is 2. The van der Waals surface area contributed by atoms with Crippen molar-refractivity contribution < 1.29 is 33.3 Å². The molecule has 0 bridgehead atoms. The van der Waals surface area contributed by atoms with Gasteiger partial charge in [-0.1, -0.05) is 81.9 Å². The maximum absolute atomic E-state index is 12.4. The minimum Gasteiger partial charge on any atom is -0.465 e. The van der Waals surface area contributed by atoms with Crippen LogP contribution in [0.3, 0.4) is 0 Å². The number of allylic oxidation sites excluding steroid dienone is 1. The first kappa shape index (κ1) is 39.3. The molecule has 0 aliphatic carbocycles. The summed E-state index contributed by atoms with van der Waals surface area (Å²) in [5.74, 6) is -1.13. The van der Waals surface area contributed by atoms with E-state index in [1.54, 1.807) is 12.1 Å². The Kier molecular flexibility index (Phi) is 21.1. The van der Waals surface area contributed by atoms with Crippen LogP contribution in [0, 0.1) is 0 Å². The lowest BCUT2D eigenvalue weighted by atomic mass is 10.1. The Balaban J connectivity index is 1.52. The van der Waals surface area contributed by atoms with Crippen molar-refractivity contribution in [3.63, 3.8) is 0 Å². The van der Waals surface area contributed by atoms with Gasteiger partial charge < -0.3 is 30.4 Å². The molecule has 0 saturated heterocycles. The Bertz CT molecular complexity index is 1170. The number of esters is 3. The van der Waals surface area contributed by atoms with Crippen LogP contribution in [0.15, 0.2) is 60.7 Å². The molecule has 0 aliphatic heterocycles. The maximum atomic E-state index is 12.4. The largest absolute Gasteiger partial charge is 0.465 e. The summed E-state index contributed by atoms with van der Waals surface area (Å²) in [7, 11) is 0. The first-order chi connectivity index (χ1) is 22.9. The minimum absolute atomic E-state index is 0.135. The number of benzene rings is 2. The standard InChI is InChI=1S/C38H56N2O7/c1-2-3-4-11-14-35(47-38(43)30-44-29-37(42)46-28-26-32-19-23-34(40)24-20-32)15-12-9-7-5-6-8-10-13-16-36(41)45-27-25-31-17-21-33(39)22-18-31/h9,12,17-24,35H,2-8,10-11,13-16,25-30,39-40H2,1H3/b12-9-/t35-/m1/s1. The third-order valence-electron chi connectivity index (χ3n) is 7.70. The van der Waals surface area contributed by atoms with Crippen LogP contribution < -0.4 is 11.5 Å². The Morgan fingerprint density at radius 1 is 0.660 bits per heavy atom. The van der Waals surface area contributed by atoms with Crippen molar-refractivity contribution in [2.75, 3.05) is 37.9 Å². The van der Waals surface area contributed by atoms with Gasteiger partial charge in [-0.3, -0.25) is 4.79 Å². The lowest BCUT2D eigenvalue weighted by Gasteiger charge is -2.16. The number of carbonyl (C=O) groups excluding carboxylic acids is 3. The fourth-order valence-electron chi connectivity index (χ4n) is 4.94. The zero-order valence-corrected chi connectivity index (χ0v) is 28.3. The van der Waals surface area contributed by atoms with Gasteiger partial charge in [-0.25, -0.2) is 9.59 Å². The van der Waals surface area contributed by atoms with Gasteiger partial charge in [0.1, 0.15) is 19.3 Å². The van der Waals surface area contributed by atoms with E-state index in [2.05, 4.69) is 19.1 Å². The van der Waals surface area contributed by atoms with Crippen LogP contribution in [-0.4, -0.2) is 50.4 Å². The molecule has 9 nitrogen and oxygen atoms in total. The summed E-state index contributed by atoms with van der Waals surface area (Å²) in [4.78, 5) is 36.3. The number of ether oxygens (including phenoxy) is 4. The lowest BCUT2D eigenvalue weighted by Crippen LogP contribution is -2.23. The summed E-state index contributed by atoms with van der Waals surface area (Å²) in [6.45, 7) is 2.20. The van der Waals surface area contributed by atoms with Gasteiger partial charge in [0.15, 0.2) is 0 Å². The third-order valence-corrected chi connectivity index (χ3v) is 7.70. The molecule has 0 amide bonds. The van der Waals surface area contributed by atoms with Crippen LogP contribution in [-0.2, 0) is 46.2 Å². The second-order valence-electron chi connectivity index (χ2n) is 11.9. The molecular weight excluding hydrogens is 596 g/mol. The molecule has 0 spiro atoms. The van der Waals surface area contributed by atoms with Gasteiger partial charge in [-0.2, -0.15) is 0 Å². The van der Waals surface area contributed by atoms with Crippen LogP contribution >= 0.6 is 0 Å². The van der Waals surface area contributed by atoms with Gasteiger partial charge >= 0.3 is 17.9 Å². The van der Waals surface area contributed by atoms with E-state index in [0.29, 0.717) is 38.0 Å². The van der Waals surface area contributed by atoms with E-state index < -0.39 is 11.9 Å². The summed E-state index contributed by atoms with van der Waals surface area (Å²) in [6, 6.07) is 15.0. The molecule has 0 heterocycles. The van der Waals surface area contributed by atoms with E-state index in [4.69, 9.17) is 30.4 Å². The summed E-state index contributed by atoms with van der Waals surface area (Å²) in [6.07, 6.45) is 17.7. The molecule has 4 N–H and O–H groups in total. The SMILES string of the molecule is CCCCCC[C@H](C/C=C\CCCCCCCC(=O)OCCc1ccc(N)cc1)OC(=O)COCC(=O)OCCc1ccc(N)cc1. The number of anilines is 2. The van der Waals surface area contributed by atoms with Crippen molar-refractivity contribution >= 4 is 29.3 Å². The van der Waals surface area contributed by atoms with E-state index in [1.807, 2.05) is 36.4 Å². The highest BCUT2D eigenvalue weighted by Crippen LogP contribution is 2.14. The molecule has 260 valence electrons. The van der Waals surface area contributed by atoms with E-state index in [0.717, 1.165) is 87.4 Å². The second kappa shape index (κ2) is 25.3. The number of carbonyl (C=O) groups is 3. The fourth-order valence-corrected chi connectivity index (χ4v) is 4.94. The number of unbranched alkanes of at least 4 members (excludes halogenated alkanes) is 8. The van der Waals surface area contributed by atoms with Gasteiger partial charge in [-0.05, 0) is 67.5 Å². The van der Waals surface area contributed by atoms with Crippen molar-refractivity contribution in [1.82, 2.24) is 0 Å². The lowest BCUT2D eigenvalue weighted by molar-refractivity contribution is -0.159. The number of nitrogen functional groups attached to an aromatic ring is 2. The summed E-state index contributed by atoms with van der Waals surface area (Å²) >= 11 is 0. The highest BCUT2D eigenvalue weighted by molar-refractivity contribution is 5.73. The molecule has 2 aromatic carbocycles. The number of nitrogens with two attached hydrogens (primary N) is 2. The van der Waals surface area contributed by atoms with Crippen molar-refractivity contribution in [2.24, 2.45) is 0 Å². The molecule has 0 unspecified atom stereocenters. The molecular formula is C38H56N2O7. The quantitative estimate of drug-likeness (QED) is 0.0352. The molecule has 47 heavy (non-hydrogen) atoms. The molecule has 0 aromatic heterocycles. The van der Waals surface area contributed by atoms with E-state index in [-0.39, 0.29) is 31.9 Å². The third kappa shape index (κ3) is 20.8. The average molecular weight is 653 g/mol. The van der Waals surface area contributed by atoms with Crippen LogP contribution in [0.1, 0.15) is 102 Å². The molecule has 1 atom stereocenters. The molecule has 0 saturated carbocycles. The Hall–Kier alpha value is -3.85. The maximum Gasteiger partial charge on any atom is 0.332 e. The van der Waals surface area contributed by atoms with E-state index in [1.165, 1.54) is 0 Å². The first-order valence-corrected chi connectivity index (χ1v) is 17.3. The van der Waals surface area contributed by atoms with Gasteiger partial charge in [-0.15, -0.1) is 0 Å². The Morgan fingerprint density at radius 3 is 1.85 bits per heavy atom. The van der Waals surface area contributed by atoms with Crippen LogP contribution in [0.2, 0.25) is 0 Å². The zero-order valence-electron chi connectivity index (χ0n) is 28.3. The van der Waals surface area contributed by atoms with Gasteiger partial charge in [0.25, 0.3) is 0 Å². The van der Waals surface area contributed by atoms with Crippen molar-refractivity contribution in [1.29, 1.82) is 0 Å². The predicted molar refractivity (Wildman–Crippen MR) is 187 cm³/mol. The van der Waals surface area contributed by atoms with Crippen molar-refractivity contribution in [3.8, 4) is 0 Å². The van der Waals surface area contributed by atoms with Gasteiger partial charge in [0.05, 0.1) is 13.2 Å². The van der Waals surface area contributed by atoms with E-state index in [9.17, 15) is 14.4 Å². The van der Waals surface area contributed by atoms with E-state index >= 15 is 0 Å². The average Bonchev–Trinajstić information content (AvgIpc) is 3.05. The molecule has 9 heteroatoms. The highest BCUT2D eigenvalue weighted by atomic mass is 16.6. The van der Waals surface area contributed by atoms with Crippen LogP contribution in [0.25, 0.3) is 0 Å². The normalized spacial score (nSPS) is 11.8. The van der Waals surface area contributed by atoms with Crippen molar-refractivity contribution in [2.45, 2.75) is 109 Å². The molecule has 2 aromatic rings. The Morgan fingerprint density at radius 2 is 1.21 bits per heavy atom.